The Balaban J connectivity index is 1.94. The van der Waals surface area contributed by atoms with Crippen LogP contribution in [0, 0.1) is 0 Å². The van der Waals surface area contributed by atoms with E-state index in [0.717, 1.165) is 51.5 Å². The normalized spacial score (nSPS) is 28.1. The van der Waals surface area contributed by atoms with Crippen LogP contribution >= 0.6 is 0 Å². The monoisotopic (exact) mass is 492 g/mol. The third kappa shape index (κ3) is 6.44. The zero-order valence-corrected chi connectivity index (χ0v) is 24.0. The van der Waals surface area contributed by atoms with Crippen molar-refractivity contribution in [2.45, 2.75) is 173 Å². The van der Waals surface area contributed by atoms with Crippen molar-refractivity contribution in [1.29, 1.82) is 0 Å². The summed E-state index contributed by atoms with van der Waals surface area (Å²) < 4.78 is 7.28. The molecule has 0 aromatic rings. The molecule has 2 spiro atoms. The van der Waals surface area contributed by atoms with E-state index < -0.39 is 11.3 Å². The molecule has 0 radical (unpaired) electrons. The zero-order chi connectivity index (χ0) is 25.7. The van der Waals surface area contributed by atoms with Gasteiger partial charge in [0, 0.05) is 37.0 Å². The SMILES string of the molecule is CCCCN1C(=O)C2(CC(C)(C)N(CC(O)CC)C(C)(C)C2)OC12CCCCCCCCCCC2. The number of amides is 1. The Hall–Kier alpha value is -0.650. The van der Waals surface area contributed by atoms with Gasteiger partial charge in [-0.05, 0) is 66.2 Å². The predicted octanol–water partition coefficient (Wildman–Crippen LogP) is 6.81. The molecule has 35 heavy (non-hydrogen) atoms. The molecule has 1 amide bonds. The first-order chi connectivity index (χ1) is 16.5. The number of aliphatic hydroxyl groups excluding tert-OH is 1. The third-order valence-corrected chi connectivity index (χ3v) is 9.14. The van der Waals surface area contributed by atoms with Crippen LogP contribution in [0.3, 0.4) is 0 Å². The fraction of sp³-hybridized carbons (Fsp3) is 0.967. The van der Waals surface area contributed by atoms with E-state index in [2.05, 4.69) is 44.4 Å². The van der Waals surface area contributed by atoms with Crippen molar-refractivity contribution in [3.63, 3.8) is 0 Å². The fourth-order valence-corrected chi connectivity index (χ4v) is 7.58. The van der Waals surface area contributed by atoms with Crippen LogP contribution in [0.5, 0.6) is 0 Å². The fourth-order valence-electron chi connectivity index (χ4n) is 7.58. The van der Waals surface area contributed by atoms with Crippen LogP contribution in [0.25, 0.3) is 0 Å². The number of hydrogen-bond acceptors (Lipinski definition) is 4. The summed E-state index contributed by atoms with van der Waals surface area (Å²) in [7, 11) is 0. The number of aliphatic hydroxyl groups is 1. The summed E-state index contributed by atoms with van der Waals surface area (Å²) in [5.74, 6) is 0.245. The van der Waals surface area contributed by atoms with Crippen molar-refractivity contribution in [3.05, 3.63) is 0 Å². The van der Waals surface area contributed by atoms with Gasteiger partial charge in [-0.25, -0.2) is 0 Å². The van der Waals surface area contributed by atoms with Gasteiger partial charge in [0.1, 0.15) is 5.72 Å². The number of ether oxygens (including phenoxy) is 1. The summed E-state index contributed by atoms with van der Waals surface area (Å²) in [4.78, 5) is 19.1. The molecule has 5 heteroatoms. The van der Waals surface area contributed by atoms with E-state index in [-0.39, 0.29) is 23.1 Å². The lowest BCUT2D eigenvalue weighted by Crippen LogP contribution is -2.68. The second-order valence-corrected chi connectivity index (χ2v) is 13.2. The molecule has 0 bridgehead atoms. The van der Waals surface area contributed by atoms with Gasteiger partial charge in [-0.2, -0.15) is 0 Å². The lowest BCUT2D eigenvalue weighted by atomic mass is 9.70. The summed E-state index contributed by atoms with van der Waals surface area (Å²) in [6.45, 7) is 14.7. The molecule has 0 aromatic heterocycles. The highest BCUT2D eigenvalue weighted by molar-refractivity contribution is 5.88. The smallest absolute Gasteiger partial charge is 0.257 e. The molecule has 1 saturated carbocycles. The molecule has 0 aromatic carbocycles. The first kappa shape index (κ1) is 28.9. The number of likely N-dealkylation sites (tertiary alicyclic amines) is 1. The summed E-state index contributed by atoms with van der Waals surface area (Å²) >= 11 is 0. The number of carbonyl (C=O) groups excluding carboxylic acids is 1. The second-order valence-electron chi connectivity index (χ2n) is 13.2. The van der Waals surface area contributed by atoms with E-state index in [1.807, 2.05) is 6.92 Å². The van der Waals surface area contributed by atoms with Crippen molar-refractivity contribution in [3.8, 4) is 0 Å². The van der Waals surface area contributed by atoms with E-state index in [4.69, 9.17) is 4.74 Å². The quantitative estimate of drug-likeness (QED) is 0.442. The van der Waals surface area contributed by atoms with Gasteiger partial charge in [0.05, 0.1) is 6.10 Å². The van der Waals surface area contributed by atoms with Crippen LogP contribution in [-0.2, 0) is 9.53 Å². The van der Waals surface area contributed by atoms with Gasteiger partial charge >= 0.3 is 0 Å². The molecular formula is C30H56N2O3. The van der Waals surface area contributed by atoms with E-state index in [1.54, 1.807) is 0 Å². The summed E-state index contributed by atoms with van der Waals surface area (Å²) in [5.41, 5.74) is -1.67. The molecule has 204 valence electrons. The summed E-state index contributed by atoms with van der Waals surface area (Å²) in [5, 5.41) is 10.5. The van der Waals surface area contributed by atoms with E-state index in [1.165, 1.54) is 44.9 Å². The van der Waals surface area contributed by atoms with Gasteiger partial charge in [0.15, 0.2) is 5.60 Å². The van der Waals surface area contributed by atoms with Gasteiger partial charge in [-0.3, -0.25) is 9.69 Å². The van der Waals surface area contributed by atoms with Crippen LogP contribution in [0.1, 0.15) is 144 Å². The summed E-state index contributed by atoms with van der Waals surface area (Å²) in [6.07, 6.45) is 17.3. The van der Waals surface area contributed by atoms with Gasteiger partial charge in [0.2, 0.25) is 0 Å². The van der Waals surface area contributed by atoms with Crippen LogP contribution in [0.2, 0.25) is 0 Å². The minimum Gasteiger partial charge on any atom is -0.392 e. The number of β-amino-alcohol motifs (C(OH)–C–C–N with tert-alkyl or cyclic N) is 1. The molecule has 2 saturated heterocycles. The minimum absolute atomic E-state index is 0.235. The van der Waals surface area contributed by atoms with Gasteiger partial charge < -0.3 is 14.7 Å². The highest BCUT2D eigenvalue weighted by Crippen LogP contribution is 2.53. The Kier molecular flexibility index (Phi) is 9.76. The zero-order valence-electron chi connectivity index (χ0n) is 24.0. The molecule has 2 aliphatic heterocycles. The molecule has 3 aliphatic rings. The Bertz CT molecular complexity index is 659. The average molecular weight is 493 g/mol. The number of unbranched alkanes of at least 4 members (excludes halogenated alkanes) is 1. The molecular weight excluding hydrogens is 436 g/mol. The highest BCUT2D eigenvalue weighted by atomic mass is 16.6. The maximum atomic E-state index is 14.4. The predicted molar refractivity (Wildman–Crippen MR) is 144 cm³/mol. The van der Waals surface area contributed by atoms with E-state index in [9.17, 15) is 9.90 Å². The molecule has 1 atom stereocenters. The highest BCUT2D eigenvalue weighted by Gasteiger charge is 2.65. The molecule has 1 aliphatic carbocycles. The Labute approximate surface area is 216 Å². The number of nitrogens with zero attached hydrogens (tertiary/aromatic N) is 2. The lowest BCUT2D eigenvalue weighted by Gasteiger charge is -2.58. The van der Waals surface area contributed by atoms with E-state index >= 15 is 0 Å². The summed E-state index contributed by atoms with van der Waals surface area (Å²) in [6, 6.07) is 0. The first-order valence-electron chi connectivity index (χ1n) is 15.0. The lowest BCUT2D eigenvalue weighted by molar-refractivity contribution is -0.203. The molecule has 2 heterocycles. The largest absolute Gasteiger partial charge is 0.392 e. The van der Waals surface area contributed by atoms with Crippen molar-refractivity contribution >= 4 is 5.91 Å². The Morgan fingerprint density at radius 1 is 0.857 bits per heavy atom. The number of piperidine rings is 1. The number of rotatable bonds is 6. The van der Waals surface area contributed by atoms with Gasteiger partial charge in [0.25, 0.3) is 5.91 Å². The molecule has 1 N–H and O–H groups in total. The van der Waals surface area contributed by atoms with Crippen LogP contribution < -0.4 is 0 Å². The van der Waals surface area contributed by atoms with Gasteiger partial charge in [-0.1, -0.05) is 65.2 Å². The van der Waals surface area contributed by atoms with E-state index in [0.29, 0.717) is 19.4 Å². The van der Waals surface area contributed by atoms with Gasteiger partial charge in [-0.15, -0.1) is 0 Å². The van der Waals surface area contributed by atoms with Crippen molar-refractivity contribution < 1.29 is 14.6 Å². The van der Waals surface area contributed by atoms with Crippen molar-refractivity contribution in [1.82, 2.24) is 9.80 Å². The molecule has 1 unspecified atom stereocenters. The van der Waals surface area contributed by atoms with Crippen LogP contribution in [0.4, 0.5) is 0 Å². The van der Waals surface area contributed by atoms with Crippen LogP contribution in [0.15, 0.2) is 0 Å². The maximum absolute atomic E-state index is 14.4. The molecule has 3 fully saturated rings. The maximum Gasteiger partial charge on any atom is 0.257 e. The second kappa shape index (κ2) is 11.8. The Morgan fingerprint density at radius 2 is 1.34 bits per heavy atom. The minimum atomic E-state index is -0.758. The van der Waals surface area contributed by atoms with Crippen molar-refractivity contribution in [2.75, 3.05) is 13.1 Å². The van der Waals surface area contributed by atoms with Crippen molar-refractivity contribution in [2.24, 2.45) is 0 Å². The molecule has 3 rings (SSSR count). The molecule has 5 nitrogen and oxygen atoms in total. The first-order valence-corrected chi connectivity index (χ1v) is 15.0. The number of carbonyl (C=O) groups is 1. The third-order valence-electron chi connectivity index (χ3n) is 9.14. The Morgan fingerprint density at radius 3 is 1.80 bits per heavy atom. The topological polar surface area (TPSA) is 53.0 Å². The average Bonchev–Trinajstić information content (AvgIpc) is 2.98. The van der Waals surface area contributed by atoms with Crippen LogP contribution in [-0.4, -0.2) is 62.4 Å². The standard InChI is InChI=1S/C30H56N2O3/c1-7-9-21-31-26(34)29(23-27(3,4)32(22-25(33)8-2)28(5,6)24-29)35-30(31)19-17-15-13-11-10-12-14-16-18-20-30/h25,33H,7-24H2,1-6H3. The number of hydrogen-bond donors (Lipinski definition) is 1.